The maximum absolute atomic E-state index is 12.5. The Balaban J connectivity index is 2.16. The van der Waals surface area contributed by atoms with E-state index < -0.39 is 5.54 Å². The molecule has 0 aliphatic heterocycles. The smallest absolute Gasteiger partial charge is 0.253 e. The SMILES string of the molecule is CCC1CCC(NC(=O)c2ccccc2Br)(C(N)=S)CC1. The fourth-order valence-corrected chi connectivity index (χ4v) is 3.66. The third-order valence-corrected chi connectivity index (χ3v) is 5.56. The molecular weight excluding hydrogens is 348 g/mol. The van der Waals surface area contributed by atoms with Crippen LogP contribution in [-0.4, -0.2) is 16.4 Å². The largest absolute Gasteiger partial charge is 0.391 e. The second-order valence-electron chi connectivity index (χ2n) is 5.73. The summed E-state index contributed by atoms with van der Waals surface area (Å²) < 4.78 is 0.780. The number of rotatable bonds is 4. The van der Waals surface area contributed by atoms with E-state index in [0.29, 0.717) is 16.5 Å². The number of amides is 1. The van der Waals surface area contributed by atoms with Crippen molar-refractivity contribution in [2.75, 3.05) is 0 Å². The summed E-state index contributed by atoms with van der Waals surface area (Å²) in [5.41, 5.74) is 6.04. The van der Waals surface area contributed by atoms with Crippen LogP contribution in [-0.2, 0) is 0 Å². The van der Waals surface area contributed by atoms with Gasteiger partial charge in [-0.1, -0.05) is 37.7 Å². The molecule has 2 rings (SSSR count). The molecule has 0 radical (unpaired) electrons. The maximum atomic E-state index is 12.5. The Morgan fingerprint density at radius 3 is 2.57 bits per heavy atom. The number of carbonyl (C=O) groups excluding carboxylic acids is 1. The Hall–Kier alpha value is -0.940. The molecule has 0 heterocycles. The van der Waals surface area contributed by atoms with Crippen LogP contribution < -0.4 is 11.1 Å². The molecule has 0 bridgehead atoms. The van der Waals surface area contributed by atoms with E-state index in [1.165, 1.54) is 6.42 Å². The molecule has 1 fully saturated rings. The van der Waals surface area contributed by atoms with Crippen molar-refractivity contribution in [3.63, 3.8) is 0 Å². The average molecular weight is 369 g/mol. The van der Waals surface area contributed by atoms with Crippen LogP contribution in [0.3, 0.4) is 0 Å². The van der Waals surface area contributed by atoms with E-state index >= 15 is 0 Å². The van der Waals surface area contributed by atoms with Crippen LogP contribution in [0, 0.1) is 5.92 Å². The van der Waals surface area contributed by atoms with Crippen molar-refractivity contribution in [1.82, 2.24) is 5.32 Å². The maximum Gasteiger partial charge on any atom is 0.253 e. The van der Waals surface area contributed by atoms with Gasteiger partial charge in [-0.2, -0.15) is 0 Å². The van der Waals surface area contributed by atoms with E-state index in [9.17, 15) is 4.79 Å². The van der Waals surface area contributed by atoms with Gasteiger partial charge < -0.3 is 11.1 Å². The van der Waals surface area contributed by atoms with Crippen LogP contribution in [0.4, 0.5) is 0 Å². The summed E-state index contributed by atoms with van der Waals surface area (Å²) in [6.45, 7) is 2.21. The minimum atomic E-state index is -0.534. The van der Waals surface area contributed by atoms with Crippen LogP contribution in [0.25, 0.3) is 0 Å². The lowest BCUT2D eigenvalue weighted by Gasteiger charge is -2.40. The van der Waals surface area contributed by atoms with E-state index in [-0.39, 0.29) is 5.91 Å². The van der Waals surface area contributed by atoms with Gasteiger partial charge >= 0.3 is 0 Å². The predicted molar refractivity (Wildman–Crippen MR) is 93.4 cm³/mol. The monoisotopic (exact) mass is 368 g/mol. The molecule has 1 amide bonds. The van der Waals surface area contributed by atoms with E-state index in [2.05, 4.69) is 28.2 Å². The molecule has 0 aromatic heterocycles. The zero-order valence-electron chi connectivity index (χ0n) is 12.2. The summed E-state index contributed by atoms with van der Waals surface area (Å²) in [5.74, 6) is 0.595. The number of benzene rings is 1. The van der Waals surface area contributed by atoms with Crippen molar-refractivity contribution in [3.05, 3.63) is 34.3 Å². The predicted octanol–water partition coefficient (Wildman–Crippen LogP) is 3.80. The van der Waals surface area contributed by atoms with Gasteiger partial charge in [0.2, 0.25) is 0 Å². The zero-order chi connectivity index (χ0) is 15.5. The lowest BCUT2D eigenvalue weighted by atomic mass is 9.75. The van der Waals surface area contributed by atoms with Crippen molar-refractivity contribution in [2.45, 2.75) is 44.6 Å². The second kappa shape index (κ2) is 6.88. The van der Waals surface area contributed by atoms with Gasteiger partial charge in [0, 0.05) is 4.47 Å². The minimum absolute atomic E-state index is 0.120. The molecule has 3 N–H and O–H groups in total. The van der Waals surface area contributed by atoms with Gasteiger partial charge in [0.1, 0.15) is 0 Å². The summed E-state index contributed by atoms with van der Waals surface area (Å²) in [7, 11) is 0. The first kappa shape index (κ1) is 16.4. The molecule has 21 heavy (non-hydrogen) atoms. The van der Waals surface area contributed by atoms with Gasteiger partial charge in [-0.05, 0) is 59.7 Å². The molecule has 3 nitrogen and oxygen atoms in total. The van der Waals surface area contributed by atoms with Gasteiger partial charge in [-0.15, -0.1) is 0 Å². The Morgan fingerprint density at radius 2 is 2.05 bits per heavy atom. The molecule has 114 valence electrons. The standard InChI is InChI=1S/C16H21BrN2OS/c1-2-11-7-9-16(10-8-11,15(18)21)19-14(20)12-5-3-4-6-13(12)17/h3-6,11H,2,7-10H2,1H3,(H2,18,21)(H,19,20). The lowest BCUT2D eigenvalue weighted by molar-refractivity contribution is 0.0897. The van der Waals surface area contributed by atoms with E-state index in [1.807, 2.05) is 18.2 Å². The Labute approximate surface area is 139 Å². The molecule has 1 aliphatic rings. The van der Waals surface area contributed by atoms with Crippen LogP contribution in [0.15, 0.2) is 28.7 Å². The van der Waals surface area contributed by atoms with Crippen molar-refractivity contribution in [1.29, 1.82) is 0 Å². The first-order valence-corrected chi connectivity index (χ1v) is 8.55. The first-order valence-electron chi connectivity index (χ1n) is 7.35. The normalized spacial score (nSPS) is 25.3. The fraction of sp³-hybridized carbons (Fsp3) is 0.500. The summed E-state index contributed by atoms with van der Waals surface area (Å²) >= 11 is 8.67. The zero-order valence-corrected chi connectivity index (χ0v) is 14.6. The third kappa shape index (κ3) is 3.64. The number of hydrogen-bond acceptors (Lipinski definition) is 2. The number of carbonyl (C=O) groups is 1. The summed E-state index contributed by atoms with van der Waals surface area (Å²) in [5, 5.41) is 3.10. The molecule has 0 unspecified atom stereocenters. The van der Waals surface area contributed by atoms with Crippen molar-refractivity contribution < 1.29 is 4.79 Å². The molecule has 1 aliphatic carbocycles. The third-order valence-electron chi connectivity index (χ3n) is 4.48. The van der Waals surface area contributed by atoms with Crippen LogP contribution >= 0.6 is 28.1 Å². The highest BCUT2D eigenvalue weighted by atomic mass is 79.9. The molecule has 0 saturated heterocycles. The van der Waals surface area contributed by atoms with Crippen molar-refractivity contribution in [3.8, 4) is 0 Å². The second-order valence-corrected chi connectivity index (χ2v) is 7.03. The quantitative estimate of drug-likeness (QED) is 0.794. The average Bonchev–Trinajstić information content (AvgIpc) is 2.48. The number of hydrogen-bond donors (Lipinski definition) is 2. The van der Waals surface area contributed by atoms with Gasteiger partial charge in [0.25, 0.3) is 5.91 Å². The summed E-state index contributed by atoms with van der Waals surface area (Å²) in [4.78, 5) is 12.9. The Morgan fingerprint density at radius 1 is 1.43 bits per heavy atom. The number of thiocarbonyl (C=S) groups is 1. The Bertz CT molecular complexity index is 539. The molecule has 1 aromatic rings. The van der Waals surface area contributed by atoms with Gasteiger partial charge in [-0.25, -0.2) is 0 Å². The van der Waals surface area contributed by atoms with E-state index in [1.54, 1.807) is 6.07 Å². The fourth-order valence-electron chi connectivity index (χ4n) is 2.94. The number of nitrogens with one attached hydrogen (secondary N) is 1. The van der Waals surface area contributed by atoms with Gasteiger partial charge in [-0.3, -0.25) is 4.79 Å². The molecule has 5 heteroatoms. The van der Waals surface area contributed by atoms with Crippen LogP contribution in [0.5, 0.6) is 0 Å². The highest BCUT2D eigenvalue weighted by Crippen LogP contribution is 2.34. The van der Waals surface area contributed by atoms with Gasteiger partial charge in [0.15, 0.2) is 0 Å². The topological polar surface area (TPSA) is 55.1 Å². The highest BCUT2D eigenvalue weighted by Gasteiger charge is 2.39. The summed E-state index contributed by atoms with van der Waals surface area (Å²) in [6, 6.07) is 7.39. The Kier molecular flexibility index (Phi) is 5.38. The van der Waals surface area contributed by atoms with Gasteiger partial charge in [0.05, 0.1) is 16.1 Å². The van der Waals surface area contributed by atoms with Crippen LogP contribution in [0.1, 0.15) is 49.4 Å². The number of halogens is 1. The molecular formula is C16H21BrN2OS. The summed E-state index contributed by atoms with van der Waals surface area (Å²) in [6.07, 6.45) is 4.95. The lowest BCUT2D eigenvalue weighted by Crippen LogP contribution is -2.58. The molecule has 1 saturated carbocycles. The molecule has 1 aromatic carbocycles. The minimum Gasteiger partial charge on any atom is -0.391 e. The molecule has 0 atom stereocenters. The van der Waals surface area contributed by atoms with Crippen molar-refractivity contribution >= 4 is 39.0 Å². The van der Waals surface area contributed by atoms with E-state index in [0.717, 1.165) is 30.2 Å². The van der Waals surface area contributed by atoms with Crippen LogP contribution in [0.2, 0.25) is 0 Å². The molecule has 0 spiro atoms. The highest BCUT2D eigenvalue weighted by molar-refractivity contribution is 9.10. The van der Waals surface area contributed by atoms with E-state index in [4.69, 9.17) is 18.0 Å². The first-order chi connectivity index (χ1) is 9.98. The number of nitrogens with two attached hydrogens (primary N) is 1. The van der Waals surface area contributed by atoms with Crippen molar-refractivity contribution in [2.24, 2.45) is 11.7 Å².